The summed E-state index contributed by atoms with van der Waals surface area (Å²) in [6.07, 6.45) is 2.12. The molecule has 7 heteroatoms. The van der Waals surface area contributed by atoms with E-state index in [1.54, 1.807) is 10.6 Å². The van der Waals surface area contributed by atoms with Crippen LogP contribution in [0.25, 0.3) is 15.9 Å². The van der Waals surface area contributed by atoms with Gasteiger partial charge in [0.1, 0.15) is 4.83 Å². The normalized spacial score (nSPS) is 14.0. The SMILES string of the molecule is O=C(CSc1nc2sccc2c(=O)n1-c1ccccc1)NC1CC1. The first-order valence-corrected chi connectivity index (χ1v) is 9.57. The summed E-state index contributed by atoms with van der Waals surface area (Å²) < 4.78 is 1.59. The van der Waals surface area contributed by atoms with Crippen molar-refractivity contribution < 1.29 is 4.79 Å². The largest absolute Gasteiger partial charge is 0.353 e. The topological polar surface area (TPSA) is 64.0 Å². The maximum atomic E-state index is 12.9. The Bertz CT molecular complexity index is 945. The van der Waals surface area contributed by atoms with E-state index in [4.69, 9.17) is 0 Å². The molecule has 122 valence electrons. The number of hydrogen-bond acceptors (Lipinski definition) is 5. The van der Waals surface area contributed by atoms with E-state index in [1.165, 1.54) is 23.1 Å². The Balaban J connectivity index is 1.72. The van der Waals surface area contributed by atoms with Crippen LogP contribution in [0.15, 0.2) is 51.7 Å². The zero-order valence-corrected chi connectivity index (χ0v) is 14.4. The maximum Gasteiger partial charge on any atom is 0.267 e. The van der Waals surface area contributed by atoms with Crippen molar-refractivity contribution in [2.45, 2.75) is 24.0 Å². The van der Waals surface area contributed by atoms with Crippen molar-refractivity contribution in [3.8, 4) is 5.69 Å². The van der Waals surface area contributed by atoms with Gasteiger partial charge in [-0.15, -0.1) is 11.3 Å². The second kappa shape index (κ2) is 6.41. The Hall–Kier alpha value is -2.12. The molecule has 0 saturated heterocycles. The number of thiophene rings is 1. The van der Waals surface area contributed by atoms with E-state index in [0.717, 1.165) is 18.5 Å². The van der Waals surface area contributed by atoms with Crippen molar-refractivity contribution in [3.05, 3.63) is 52.1 Å². The van der Waals surface area contributed by atoms with Crippen molar-refractivity contribution in [3.63, 3.8) is 0 Å². The Morgan fingerprint density at radius 1 is 1.29 bits per heavy atom. The van der Waals surface area contributed by atoms with Crippen molar-refractivity contribution in [2.75, 3.05) is 5.75 Å². The van der Waals surface area contributed by atoms with Crippen molar-refractivity contribution in [2.24, 2.45) is 0 Å². The number of hydrogen-bond donors (Lipinski definition) is 1. The summed E-state index contributed by atoms with van der Waals surface area (Å²) in [5.74, 6) is 0.245. The first-order valence-electron chi connectivity index (χ1n) is 7.70. The molecule has 1 aromatic carbocycles. The molecule has 5 nitrogen and oxygen atoms in total. The van der Waals surface area contributed by atoms with E-state index in [9.17, 15) is 9.59 Å². The number of amides is 1. The summed E-state index contributed by atoms with van der Waals surface area (Å²) in [4.78, 5) is 30.1. The lowest BCUT2D eigenvalue weighted by atomic mass is 10.3. The van der Waals surface area contributed by atoms with Crippen LogP contribution in [-0.4, -0.2) is 27.3 Å². The second-order valence-corrected chi connectivity index (χ2v) is 7.48. The number of fused-ring (bicyclic) bond motifs is 1. The fourth-order valence-corrected chi connectivity index (χ4v) is 4.05. The highest BCUT2D eigenvalue weighted by Crippen LogP contribution is 2.24. The predicted molar refractivity (Wildman–Crippen MR) is 97.1 cm³/mol. The van der Waals surface area contributed by atoms with E-state index in [2.05, 4.69) is 10.3 Å². The van der Waals surface area contributed by atoms with Crippen LogP contribution in [0.5, 0.6) is 0 Å². The number of carbonyl (C=O) groups excluding carboxylic acids is 1. The summed E-state index contributed by atoms with van der Waals surface area (Å²) in [5.41, 5.74) is 0.658. The van der Waals surface area contributed by atoms with E-state index >= 15 is 0 Å². The van der Waals surface area contributed by atoms with E-state index < -0.39 is 0 Å². The van der Waals surface area contributed by atoms with Gasteiger partial charge < -0.3 is 5.32 Å². The molecule has 1 aliphatic rings. The Labute approximate surface area is 146 Å². The molecular weight excluding hydrogens is 342 g/mol. The molecule has 2 aromatic heterocycles. The van der Waals surface area contributed by atoms with Crippen LogP contribution >= 0.6 is 23.1 Å². The first kappa shape index (κ1) is 15.4. The van der Waals surface area contributed by atoms with E-state index in [-0.39, 0.29) is 17.2 Å². The van der Waals surface area contributed by atoms with E-state index in [0.29, 0.717) is 21.4 Å². The minimum atomic E-state index is -0.0995. The standard InChI is InChI=1S/C17H15N3O2S2/c21-14(18-11-6-7-11)10-24-17-19-15-13(8-9-23-15)16(22)20(17)12-4-2-1-3-5-12/h1-5,8-9,11H,6-7,10H2,(H,18,21). The minimum absolute atomic E-state index is 0.0114. The van der Waals surface area contributed by atoms with Crippen LogP contribution in [0.3, 0.4) is 0 Å². The van der Waals surface area contributed by atoms with Crippen LogP contribution in [-0.2, 0) is 4.79 Å². The highest BCUT2D eigenvalue weighted by Gasteiger charge is 2.23. The van der Waals surface area contributed by atoms with Crippen molar-refractivity contribution in [1.82, 2.24) is 14.9 Å². The number of benzene rings is 1. The lowest BCUT2D eigenvalue weighted by Gasteiger charge is -2.11. The van der Waals surface area contributed by atoms with Gasteiger partial charge in [-0.05, 0) is 36.4 Å². The number of para-hydroxylation sites is 1. The summed E-state index contributed by atoms with van der Waals surface area (Å²) in [5, 5.41) is 5.98. The fourth-order valence-electron chi connectivity index (χ4n) is 2.42. The summed E-state index contributed by atoms with van der Waals surface area (Å²) in [7, 11) is 0. The molecule has 4 rings (SSSR count). The Kier molecular flexibility index (Phi) is 4.12. The third-order valence-electron chi connectivity index (χ3n) is 3.76. The number of rotatable bonds is 5. The van der Waals surface area contributed by atoms with Gasteiger partial charge >= 0.3 is 0 Å². The van der Waals surface area contributed by atoms with Gasteiger partial charge in [-0.1, -0.05) is 30.0 Å². The quantitative estimate of drug-likeness (QED) is 0.563. The molecule has 0 spiro atoms. The number of aromatic nitrogens is 2. The van der Waals surface area contributed by atoms with Crippen molar-refractivity contribution in [1.29, 1.82) is 0 Å². The van der Waals surface area contributed by atoms with Crippen LogP contribution in [0.2, 0.25) is 0 Å². The number of nitrogens with one attached hydrogen (secondary N) is 1. The van der Waals surface area contributed by atoms with Gasteiger partial charge in [0.15, 0.2) is 5.16 Å². The Morgan fingerprint density at radius 2 is 2.08 bits per heavy atom. The summed E-state index contributed by atoms with van der Waals surface area (Å²) in [6.45, 7) is 0. The summed E-state index contributed by atoms with van der Waals surface area (Å²) >= 11 is 2.73. The molecule has 0 bridgehead atoms. The lowest BCUT2D eigenvalue weighted by Crippen LogP contribution is -2.28. The molecule has 1 saturated carbocycles. The zero-order chi connectivity index (χ0) is 16.5. The van der Waals surface area contributed by atoms with Gasteiger partial charge in [0.05, 0.1) is 16.8 Å². The second-order valence-electron chi connectivity index (χ2n) is 5.64. The molecule has 0 aliphatic heterocycles. The van der Waals surface area contributed by atoms with Gasteiger partial charge in [-0.25, -0.2) is 4.98 Å². The maximum absolute atomic E-state index is 12.9. The monoisotopic (exact) mass is 357 g/mol. The van der Waals surface area contributed by atoms with Gasteiger partial charge in [-0.3, -0.25) is 14.2 Å². The Morgan fingerprint density at radius 3 is 2.83 bits per heavy atom. The van der Waals surface area contributed by atoms with Crippen LogP contribution in [0.4, 0.5) is 0 Å². The van der Waals surface area contributed by atoms with Gasteiger partial charge in [0.25, 0.3) is 5.56 Å². The fraction of sp³-hybridized carbons (Fsp3) is 0.235. The molecule has 0 atom stereocenters. The van der Waals surface area contributed by atoms with Crippen LogP contribution < -0.4 is 10.9 Å². The molecule has 24 heavy (non-hydrogen) atoms. The number of carbonyl (C=O) groups is 1. The van der Waals surface area contributed by atoms with Crippen molar-refractivity contribution >= 4 is 39.2 Å². The highest BCUT2D eigenvalue weighted by atomic mass is 32.2. The third kappa shape index (κ3) is 3.09. The van der Waals surface area contributed by atoms with Gasteiger partial charge in [0, 0.05) is 6.04 Å². The first-order chi connectivity index (χ1) is 11.7. The molecule has 0 radical (unpaired) electrons. The molecule has 2 heterocycles. The smallest absolute Gasteiger partial charge is 0.267 e. The average molecular weight is 357 g/mol. The van der Waals surface area contributed by atoms with Crippen LogP contribution in [0, 0.1) is 0 Å². The van der Waals surface area contributed by atoms with Gasteiger partial charge in [-0.2, -0.15) is 0 Å². The zero-order valence-electron chi connectivity index (χ0n) is 12.8. The lowest BCUT2D eigenvalue weighted by molar-refractivity contribution is -0.118. The van der Waals surface area contributed by atoms with Gasteiger partial charge in [0.2, 0.25) is 5.91 Å². The molecule has 1 amide bonds. The average Bonchev–Trinajstić information content (AvgIpc) is 3.27. The number of nitrogens with zero attached hydrogens (tertiary/aromatic N) is 2. The third-order valence-corrected chi connectivity index (χ3v) is 5.50. The van der Waals surface area contributed by atoms with E-state index in [1.807, 2.05) is 35.7 Å². The minimum Gasteiger partial charge on any atom is -0.353 e. The molecule has 1 N–H and O–H groups in total. The molecule has 1 aliphatic carbocycles. The predicted octanol–water partition coefficient (Wildman–Crippen LogP) is 2.82. The summed E-state index contributed by atoms with van der Waals surface area (Å²) in [6, 6.07) is 11.5. The van der Waals surface area contributed by atoms with Crippen LogP contribution in [0.1, 0.15) is 12.8 Å². The molecule has 3 aromatic rings. The molecular formula is C17H15N3O2S2. The molecule has 0 unspecified atom stereocenters. The highest BCUT2D eigenvalue weighted by molar-refractivity contribution is 7.99. The molecule has 1 fully saturated rings. The number of thioether (sulfide) groups is 1.